The smallest absolute Gasteiger partial charge is 0.223 e. The number of rotatable bonds is 18. The van der Waals surface area contributed by atoms with Crippen molar-refractivity contribution in [3.8, 4) is 11.5 Å². The number of nitrogens with two attached hydrogens (primary N) is 1. The first kappa shape index (κ1) is 33.8. The Labute approximate surface area is 240 Å². The predicted molar refractivity (Wildman–Crippen MR) is 157 cm³/mol. The molecule has 2 rings (SSSR count). The van der Waals surface area contributed by atoms with Gasteiger partial charge >= 0.3 is 0 Å². The van der Waals surface area contributed by atoms with Crippen molar-refractivity contribution in [1.82, 2.24) is 10.6 Å². The zero-order valence-corrected chi connectivity index (χ0v) is 25.4. The number of amides is 2. The second kappa shape index (κ2) is 17.5. The highest BCUT2D eigenvalue weighted by molar-refractivity contribution is 5.79. The first-order valence-corrected chi connectivity index (χ1v) is 14.8. The summed E-state index contributed by atoms with van der Waals surface area (Å²) in [6.07, 6.45) is 3.95. The molecule has 1 saturated heterocycles. The number of hydrogen-bond donors (Lipinski definition) is 4. The molecule has 0 saturated carbocycles. The molecule has 5 atom stereocenters. The number of carbonyl (C=O) groups is 2. The van der Waals surface area contributed by atoms with Gasteiger partial charge in [0, 0.05) is 51.1 Å². The molecule has 5 N–H and O–H groups in total. The van der Waals surface area contributed by atoms with E-state index in [-0.39, 0.29) is 35.6 Å². The summed E-state index contributed by atoms with van der Waals surface area (Å²) >= 11 is 0. The summed E-state index contributed by atoms with van der Waals surface area (Å²) in [5, 5.41) is 17.0. The van der Waals surface area contributed by atoms with E-state index in [0.717, 1.165) is 31.2 Å². The molecule has 0 radical (unpaired) electrons. The highest BCUT2D eigenvalue weighted by atomic mass is 16.5. The fraction of sp³-hybridized carbons (Fsp3) is 0.742. The molecule has 0 aliphatic carbocycles. The lowest BCUT2D eigenvalue weighted by atomic mass is 9.81. The van der Waals surface area contributed by atoms with Crippen LogP contribution >= 0.6 is 0 Å². The molecule has 0 spiro atoms. The molecule has 1 aromatic carbocycles. The van der Waals surface area contributed by atoms with Crippen molar-refractivity contribution in [3.05, 3.63) is 23.8 Å². The number of nitrogens with one attached hydrogen (secondary N) is 2. The summed E-state index contributed by atoms with van der Waals surface area (Å²) in [6.45, 7) is 9.90. The molecule has 1 aliphatic rings. The minimum Gasteiger partial charge on any atom is -0.493 e. The summed E-state index contributed by atoms with van der Waals surface area (Å²) in [5.74, 6) is 1.61. The van der Waals surface area contributed by atoms with Crippen LogP contribution in [0.2, 0.25) is 0 Å². The molecule has 1 aromatic rings. The monoisotopic (exact) mass is 563 g/mol. The Kier molecular flexibility index (Phi) is 14.8. The lowest BCUT2D eigenvalue weighted by Gasteiger charge is -2.30. The van der Waals surface area contributed by atoms with Gasteiger partial charge in [-0.05, 0) is 67.6 Å². The van der Waals surface area contributed by atoms with Crippen molar-refractivity contribution in [3.63, 3.8) is 0 Å². The Balaban J connectivity index is 1.97. The van der Waals surface area contributed by atoms with Gasteiger partial charge in [0.2, 0.25) is 11.8 Å². The molecule has 1 aliphatic heterocycles. The molecule has 9 nitrogen and oxygen atoms in total. The van der Waals surface area contributed by atoms with Crippen LogP contribution < -0.4 is 25.8 Å². The van der Waals surface area contributed by atoms with Crippen molar-refractivity contribution in [2.45, 2.75) is 90.8 Å². The third kappa shape index (κ3) is 11.3. The Morgan fingerprint density at radius 2 is 1.88 bits per heavy atom. The van der Waals surface area contributed by atoms with Gasteiger partial charge in [0.25, 0.3) is 0 Å². The van der Waals surface area contributed by atoms with Crippen molar-refractivity contribution in [1.29, 1.82) is 0 Å². The zero-order valence-electron chi connectivity index (χ0n) is 25.4. The van der Waals surface area contributed by atoms with Gasteiger partial charge in [-0.25, -0.2) is 0 Å². The van der Waals surface area contributed by atoms with Crippen LogP contribution in [0.25, 0.3) is 0 Å². The van der Waals surface area contributed by atoms with Crippen molar-refractivity contribution in [2.24, 2.45) is 29.4 Å². The molecule has 0 unspecified atom stereocenters. The van der Waals surface area contributed by atoms with E-state index in [9.17, 15) is 14.7 Å². The highest BCUT2D eigenvalue weighted by Gasteiger charge is 2.30. The van der Waals surface area contributed by atoms with E-state index in [1.165, 1.54) is 0 Å². The fourth-order valence-corrected chi connectivity index (χ4v) is 5.25. The van der Waals surface area contributed by atoms with Crippen molar-refractivity contribution < 1.29 is 28.9 Å². The van der Waals surface area contributed by atoms with Gasteiger partial charge in [-0.2, -0.15) is 0 Å². The molecule has 1 fully saturated rings. The quantitative estimate of drug-likeness (QED) is 0.201. The maximum Gasteiger partial charge on any atom is 0.223 e. The molecule has 9 heteroatoms. The van der Waals surface area contributed by atoms with Gasteiger partial charge in [-0.1, -0.05) is 33.8 Å². The number of aliphatic hydroxyl groups is 1. The second-order valence-corrected chi connectivity index (χ2v) is 11.8. The zero-order chi connectivity index (χ0) is 29.7. The maximum absolute atomic E-state index is 13.0. The van der Waals surface area contributed by atoms with E-state index in [1.54, 1.807) is 14.2 Å². The Morgan fingerprint density at radius 1 is 1.12 bits per heavy atom. The first-order chi connectivity index (χ1) is 19.0. The molecular formula is C31H53N3O6. The van der Waals surface area contributed by atoms with Gasteiger partial charge in [0.15, 0.2) is 11.5 Å². The molecule has 2 amide bonds. The summed E-state index contributed by atoms with van der Waals surface area (Å²) < 4.78 is 16.5. The molecule has 1 heterocycles. The van der Waals surface area contributed by atoms with Gasteiger partial charge in [-0.3, -0.25) is 9.59 Å². The van der Waals surface area contributed by atoms with E-state index in [4.69, 9.17) is 19.9 Å². The fourth-order valence-electron chi connectivity index (χ4n) is 5.25. The van der Waals surface area contributed by atoms with E-state index < -0.39 is 12.1 Å². The summed E-state index contributed by atoms with van der Waals surface area (Å²) in [5.41, 5.74) is 7.67. The normalized spacial score (nSPS) is 18.6. The minimum atomic E-state index is -0.802. The Hall–Kier alpha value is -2.36. The molecule has 0 aromatic heterocycles. The third-order valence-corrected chi connectivity index (χ3v) is 7.97. The standard InChI is InChI=1S/C31H53N3O6/c1-20(2)23(15-22-11-12-28(39-6)29(16-22)40-14-8-13-38-5)17-26(32)27(35)18-25(21(3)4)31(37)33-19-24-9-7-10-30(36)34-24/h11-12,16,20-21,23-27,35H,7-10,13-15,17-19,32H2,1-6H3,(H,33,37)(H,34,36)/t23-,24-,25-,26-,27-/m0/s1. The van der Waals surface area contributed by atoms with Crippen LogP contribution in [0.1, 0.15) is 71.8 Å². The van der Waals surface area contributed by atoms with Gasteiger partial charge in [0.1, 0.15) is 0 Å². The van der Waals surface area contributed by atoms with E-state index in [1.807, 2.05) is 32.0 Å². The third-order valence-electron chi connectivity index (χ3n) is 7.97. The number of aliphatic hydroxyl groups excluding tert-OH is 1. The molecular weight excluding hydrogens is 510 g/mol. The minimum absolute atomic E-state index is 0.0347. The van der Waals surface area contributed by atoms with Crippen LogP contribution in [0.5, 0.6) is 11.5 Å². The summed E-state index contributed by atoms with van der Waals surface area (Å²) in [4.78, 5) is 24.7. The number of piperidine rings is 1. The van der Waals surface area contributed by atoms with Gasteiger partial charge < -0.3 is 35.7 Å². The average Bonchev–Trinajstić information content (AvgIpc) is 2.92. The topological polar surface area (TPSA) is 132 Å². The van der Waals surface area contributed by atoms with Crippen LogP contribution in [-0.4, -0.2) is 69.1 Å². The van der Waals surface area contributed by atoms with Gasteiger partial charge in [-0.15, -0.1) is 0 Å². The van der Waals surface area contributed by atoms with E-state index in [0.29, 0.717) is 56.4 Å². The Bertz CT molecular complexity index is 909. The lowest BCUT2D eigenvalue weighted by Crippen LogP contribution is -2.48. The number of ether oxygens (including phenoxy) is 3. The summed E-state index contributed by atoms with van der Waals surface area (Å²) in [7, 11) is 3.31. The predicted octanol–water partition coefficient (Wildman–Crippen LogP) is 3.45. The molecule has 228 valence electrons. The van der Waals surface area contributed by atoms with Crippen LogP contribution in [0.3, 0.4) is 0 Å². The number of carbonyl (C=O) groups excluding carboxylic acids is 2. The highest BCUT2D eigenvalue weighted by Crippen LogP contribution is 2.31. The van der Waals surface area contributed by atoms with Gasteiger partial charge in [0.05, 0.1) is 19.8 Å². The van der Waals surface area contributed by atoms with E-state index in [2.05, 4.69) is 24.5 Å². The average molecular weight is 564 g/mol. The van der Waals surface area contributed by atoms with Crippen molar-refractivity contribution >= 4 is 11.8 Å². The lowest BCUT2D eigenvalue weighted by molar-refractivity contribution is -0.128. The van der Waals surface area contributed by atoms with Crippen LogP contribution in [0, 0.1) is 23.7 Å². The van der Waals surface area contributed by atoms with Crippen LogP contribution in [-0.2, 0) is 20.7 Å². The maximum atomic E-state index is 13.0. The van der Waals surface area contributed by atoms with E-state index >= 15 is 0 Å². The first-order valence-electron chi connectivity index (χ1n) is 14.8. The number of hydrogen-bond acceptors (Lipinski definition) is 7. The SMILES string of the molecule is COCCCOc1cc(C[C@@H](C[C@H](N)[C@@H](O)C[C@H](C(=O)NC[C@@H]2CCCC(=O)N2)C(C)C)C(C)C)ccc1OC. The molecule has 0 bridgehead atoms. The largest absolute Gasteiger partial charge is 0.493 e. The molecule has 40 heavy (non-hydrogen) atoms. The Morgan fingerprint density at radius 3 is 2.50 bits per heavy atom. The summed E-state index contributed by atoms with van der Waals surface area (Å²) in [6, 6.07) is 5.51. The van der Waals surface area contributed by atoms with Crippen molar-refractivity contribution in [2.75, 3.05) is 34.0 Å². The number of methoxy groups -OCH3 is 2. The van der Waals surface area contributed by atoms with Crippen LogP contribution in [0.4, 0.5) is 0 Å². The van der Waals surface area contributed by atoms with Crippen LogP contribution in [0.15, 0.2) is 18.2 Å². The number of benzene rings is 1. The second-order valence-electron chi connectivity index (χ2n) is 11.8.